The smallest absolute Gasteiger partial charge is 0.408 e. The summed E-state index contributed by atoms with van der Waals surface area (Å²) in [5.41, 5.74) is -1.52. The maximum atomic E-state index is 12.4. The quantitative estimate of drug-likeness (QED) is 0.422. The van der Waals surface area contributed by atoms with Crippen LogP contribution in [0.2, 0.25) is 0 Å². The highest BCUT2D eigenvalue weighted by molar-refractivity contribution is 14.1. The highest BCUT2D eigenvalue weighted by Gasteiger charge is 2.32. The Hall–Kier alpha value is -0.530. The summed E-state index contributed by atoms with van der Waals surface area (Å²) < 4.78 is 32.0. The second-order valence-corrected chi connectivity index (χ2v) is 7.42. The highest BCUT2D eigenvalue weighted by atomic mass is 127. The molecule has 21 heavy (non-hydrogen) atoms. The van der Waals surface area contributed by atoms with Gasteiger partial charge in [0.2, 0.25) is 0 Å². The average Bonchev–Trinajstić information content (AvgIpc) is 2.28. The average molecular weight is 416 g/mol. The second kappa shape index (κ2) is 8.19. The molecule has 0 spiro atoms. The molecule has 124 valence electrons. The molecule has 0 saturated carbocycles. The van der Waals surface area contributed by atoms with E-state index < -0.39 is 46.0 Å². The zero-order chi connectivity index (χ0) is 19.5. The van der Waals surface area contributed by atoms with E-state index in [4.69, 9.17) is 13.6 Å². The summed E-state index contributed by atoms with van der Waals surface area (Å²) in [6.45, 7) is 11.7. The molecule has 0 aliphatic heterocycles. The summed E-state index contributed by atoms with van der Waals surface area (Å²) in [6.07, 6.45) is -2.06. The molecule has 6 heteroatoms. The van der Waals surface area contributed by atoms with Gasteiger partial charge in [0.1, 0.15) is 17.2 Å². The van der Waals surface area contributed by atoms with Gasteiger partial charge in [0.15, 0.2) is 0 Å². The molecule has 0 aromatic heterocycles. The number of esters is 1. The van der Waals surface area contributed by atoms with Crippen LogP contribution in [0.1, 0.15) is 59.0 Å². The van der Waals surface area contributed by atoms with Gasteiger partial charge >= 0.3 is 12.1 Å². The molecule has 1 N–H and O–H groups in total. The first-order valence-corrected chi connectivity index (χ1v) is 7.85. The van der Waals surface area contributed by atoms with E-state index >= 15 is 0 Å². The van der Waals surface area contributed by atoms with Crippen LogP contribution in [0.3, 0.4) is 0 Å². The molecule has 1 unspecified atom stereocenters. The van der Waals surface area contributed by atoms with Crippen molar-refractivity contribution in [3.05, 3.63) is 0 Å². The van der Waals surface area contributed by atoms with Crippen LogP contribution in [0.15, 0.2) is 0 Å². The monoisotopic (exact) mass is 416 g/mol. The van der Waals surface area contributed by atoms with Crippen molar-refractivity contribution in [2.75, 3.05) is 4.38 Å². The van der Waals surface area contributed by atoms with Crippen LogP contribution in [0.5, 0.6) is 0 Å². The van der Waals surface area contributed by atoms with Gasteiger partial charge in [-0.2, -0.15) is 0 Å². The number of carbonyl (C=O) groups excluding carboxylic acids is 2. The number of amides is 1. The standard InChI is InChI=1S/C15H28INO4/c1-10(8-9-16)11(12(18)20-14(2,3)4)17-13(19)21-15(5,6)7/h10-11H,8-9H2,1-7H3,(H,17,19)/t10-,11-/m0/s1/i8D,9D2/t8?,10-,11-. The molecule has 0 saturated heterocycles. The molecule has 0 aromatic carbocycles. The number of alkyl halides is 1. The first-order chi connectivity index (χ1) is 10.4. The maximum Gasteiger partial charge on any atom is 0.408 e. The van der Waals surface area contributed by atoms with Gasteiger partial charge in [0.25, 0.3) is 0 Å². The lowest BCUT2D eigenvalue weighted by atomic mass is 9.99. The number of hydrogen-bond acceptors (Lipinski definition) is 4. The fourth-order valence-electron chi connectivity index (χ4n) is 1.40. The van der Waals surface area contributed by atoms with Gasteiger partial charge in [-0.1, -0.05) is 29.5 Å². The van der Waals surface area contributed by atoms with Crippen molar-refractivity contribution < 1.29 is 23.2 Å². The minimum atomic E-state index is -1.87. The number of carbonyl (C=O) groups is 2. The third kappa shape index (κ3) is 9.92. The third-order valence-corrected chi connectivity index (χ3v) is 2.54. The summed E-state index contributed by atoms with van der Waals surface area (Å²) in [7, 11) is 0. The van der Waals surface area contributed by atoms with E-state index in [-0.39, 0.29) is 0 Å². The Morgan fingerprint density at radius 2 is 1.62 bits per heavy atom. The fourth-order valence-corrected chi connectivity index (χ4v) is 1.97. The van der Waals surface area contributed by atoms with Gasteiger partial charge in [0.05, 0.1) is 0 Å². The molecule has 0 aromatic rings. The van der Waals surface area contributed by atoms with E-state index in [0.29, 0.717) is 0 Å². The predicted molar refractivity (Wildman–Crippen MR) is 91.7 cm³/mol. The number of ether oxygens (including phenoxy) is 2. The van der Waals surface area contributed by atoms with Crippen LogP contribution >= 0.6 is 22.6 Å². The van der Waals surface area contributed by atoms with E-state index in [9.17, 15) is 9.59 Å². The molecule has 5 nitrogen and oxygen atoms in total. The molecule has 0 aliphatic rings. The first-order valence-electron chi connectivity index (χ1n) is 8.35. The molecular formula is C15H28INO4. The van der Waals surface area contributed by atoms with Gasteiger partial charge in [0, 0.05) is 4.11 Å². The molecule has 0 fully saturated rings. The molecule has 0 rings (SSSR count). The fraction of sp³-hybridized carbons (Fsp3) is 0.867. The van der Waals surface area contributed by atoms with Crippen molar-refractivity contribution in [3.8, 4) is 0 Å². The molecule has 0 radical (unpaired) electrons. The Morgan fingerprint density at radius 1 is 1.14 bits per heavy atom. The molecule has 0 bridgehead atoms. The summed E-state index contributed by atoms with van der Waals surface area (Å²) >= 11 is 1.51. The molecule has 0 aliphatic carbocycles. The SMILES string of the molecule is [2H]C([C@H](C)[C@H](NC(=O)OC(C)(C)C)C(=O)OC(C)(C)C)C([2H])([2H])I. The van der Waals surface area contributed by atoms with E-state index in [2.05, 4.69) is 5.32 Å². The van der Waals surface area contributed by atoms with Gasteiger partial charge < -0.3 is 14.8 Å². The second-order valence-electron chi connectivity index (χ2n) is 6.79. The third-order valence-electron chi connectivity index (χ3n) is 2.18. The van der Waals surface area contributed by atoms with Gasteiger partial charge in [-0.25, -0.2) is 9.59 Å². The summed E-state index contributed by atoms with van der Waals surface area (Å²) in [6, 6.07) is -1.19. The Balaban J connectivity index is 5.37. The van der Waals surface area contributed by atoms with Crippen LogP contribution in [0, 0.1) is 5.92 Å². The molecule has 1 amide bonds. The lowest BCUT2D eigenvalue weighted by Crippen LogP contribution is -2.49. The summed E-state index contributed by atoms with van der Waals surface area (Å²) in [5, 5.41) is 2.42. The van der Waals surface area contributed by atoms with E-state index in [1.165, 1.54) is 29.5 Å². The largest absolute Gasteiger partial charge is 0.458 e. The number of hydrogen-bond donors (Lipinski definition) is 1. The van der Waals surface area contributed by atoms with E-state index in [1.54, 1.807) is 41.5 Å². The Kier molecular flexibility index (Phi) is 6.00. The summed E-state index contributed by atoms with van der Waals surface area (Å²) in [5.74, 6) is -1.54. The van der Waals surface area contributed by atoms with Crippen LogP contribution in [-0.2, 0) is 14.3 Å². The lowest BCUT2D eigenvalue weighted by Gasteiger charge is -2.29. The number of halogens is 1. The predicted octanol–water partition coefficient (Wildman–Crippen LogP) is 3.68. The normalized spacial score (nSPS) is 19.3. The number of rotatable bonds is 5. The Morgan fingerprint density at radius 3 is 2.00 bits per heavy atom. The van der Waals surface area contributed by atoms with Crippen molar-refractivity contribution in [1.82, 2.24) is 5.32 Å². The van der Waals surface area contributed by atoms with Crippen molar-refractivity contribution in [1.29, 1.82) is 0 Å². The van der Waals surface area contributed by atoms with Crippen LogP contribution in [-0.4, -0.2) is 33.7 Å². The molecular weight excluding hydrogens is 385 g/mol. The summed E-state index contributed by atoms with van der Waals surface area (Å²) in [4.78, 5) is 24.5. The Bertz CT molecular complexity index is 455. The Labute approximate surface area is 145 Å². The molecule has 3 atom stereocenters. The zero-order valence-corrected chi connectivity index (χ0v) is 15.9. The number of alkyl carbamates (subject to hydrolysis) is 1. The topological polar surface area (TPSA) is 64.6 Å². The number of nitrogens with one attached hydrogen (secondary N) is 1. The van der Waals surface area contributed by atoms with Crippen molar-refractivity contribution in [2.45, 2.75) is 72.1 Å². The maximum absolute atomic E-state index is 12.4. The van der Waals surface area contributed by atoms with E-state index in [0.717, 1.165) is 0 Å². The highest BCUT2D eigenvalue weighted by Crippen LogP contribution is 2.17. The van der Waals surface area contributed by atoms with Crippen LogP contribution in [0.25, 0.3) is 0 Å². The van der Waals surface area contributed by atoms with Crippen LogP contribution in [0.4, 0.5) is 4.79 Å². The molecule has 0 heterocycles. The zero-order valence-electron chi connectivity index (χ0n) is 16.7. The van der Waals surface area contributed by atoms with Crippen LogP contribution < -0.4 is 5.32 Å². The van der Waals surface area contributed by atoms with E-state index in [1.807, 2.05) is 0 Å². The lowest BCUT2D eigenvalue weighted by molar-refractivity contribution is -0.158. The van der Waals surface area contributed by atoms with Crippen molar-refractivity contribution in [2.24, 2.45) is 5.92 Å². The van der Waals surface area contributed by atoms with Gasteiger partial charge in [-0.15, -0.1) is 0 Å². The minimum Gasteiger partial charge on any atom is -0.458 e. The first kappa shape index (κ1) is 15.4. The van der Waals surface area contributed by atoms with Crippen molar-refractivity contribution >= 4 is 34.7 Å². The van der Waals surface area contributed by atoms with Gasteiger partial charge in [-0.3, -0.25) is 0 Å². The van der Waals surface area contributed by atoms with Gasteiger partial charge in [-0.05, 0) is 58.2 Å². The van der Waals surface area contributed by atoms with Crippen molar-refractivity contribution in [3.63, 3.8) is 0 Å². The minimum absolute atomic E-state index is 0.723.